The predicted molar refractivity (Wildman–Crippen MR) is 182 cm³/mol. The lowest BCUT2D eigenvalue weighted by atomic mass is 9.81. The summed E-state index contributed by atoms with van der Waals surface area (Å²) >= 11 is 0. The van der Waals surface area contributed by atoms with Crippen molar-refractivity contribution in [1.29, 1.82) is 0 Å². The first kappa shape index (κ1) is 33.4. The van der Waals surface area contributed by atoms with E-state index in [1.165, 1.54) is 12.1 Å². The van der Waals surface area contributed by atoms with Crippen LogP contribution in [0.5, 0.6) is 5.88 Å². The molecule has 0 radical (unpaired) electrons. The van der Waals surface area contributed by atoms with Crippen molar-refractivity contribution in [3.05, 3.63) is 65.2 Å². The van der Waals surface area contributed by atoms with Gasteiger partial charge in [0.15, 0.2) is 0 Å². The van der Waals surface area contributed by atoms with Crippen LogP contribution >= 0.6 is 0 Å². The van der Waals surface area contributed by atoms with E-state index >= 15 is 0 Å². The van der Waals surface area contributed by atoms with Crippen LogP contribution in [0.25, 0.3) is 11.3 Å². The molecule has 4 bridgehead atoms. The molecule has 6 rings (SSSR count). The van der Waals surface area contributed by atoms with Crippen molar-refractivity contribution in [3.63, 3.8) is 0 Å². The number of ether oxygens (including phenoxy) is 1. The average Bonchev–Trinajstić information content (AvgIpc) is 3.02. The van der Waals surface area contributed by atoms with E-state index in [0.717, 1.165) is 55.2 Å². The Labute approximate surface area is 278 Å². The Morgan fingerprint density at radius 1 is 1.00 bits per heavy atom. The second kappa shape index (κ2) is 13.9. The second-order valence-electron chi connectivity index (χ2n) is 14.0. The molecule has 2 fully saturated rings. The molecule has 2 aromatic carbocycles. The molecule has 11 heteroatoms. The van der Waals surface area contributed by atoms with E-state index in [1.807, 2.05) is 36.9 Å². The average molecular weight is 662 g/mol. The largest absolute Gasteiger partial charge is 0.475 e. The van der Waals surface area contributed by atoms with Gasteiger partial charge in [-0.1, -0.05) is 38.1 Å². The van der Waals surface area contributed by atoms with Crippen molar-refractivity contribution in [3.8, 4) is 17.1 Å². The number of aliphatic hydroxyl groups is 1. The maximum absolute atomic E-state index is 14.4. The summed E-state index contributed by atoms with van der Waals surface area (Å²) in [5, 5.41) is 13.3. The number of nitrogens with zero attached hydrogens (tertiary/aromatic N) is 3. The third-order valence-electron chi connectivity index (χ3n) is 9.93. The lowest BCUT2D eigenvalue weighted by Gasteiger charge is -2.48. The number of carbonyl (C=O) groups excluding carboxylic acids is 1. The van der Waals surface area contributed by atoms with E-state index in [2.05, 4.69) is 33.9 Å². The second-order valence-corrected chi connectivity index (χ2v) is 15.7. The molecule has 0 saturated heterocycles. The fourth-order valence-corrected chi connectivity index (χ4v) is 8.42. The van der Waals surface area contributed by atoms with E-state index in [4.69, 9.17) is 4.74 Å². The summed E-state index contributed by atoms with van der Waals surface area (Å²) in [5.74, 6) is 0.644. The standard InChI is InChI=1S/C36H47N5O5S/c1-22(2)15-30-21-46-33-19-32(34-23(3)7-5-8-24(34)4)38-36(39-33)40-47(44,45)31-10-6-9-26(16-31)35(43)41(30)29-17-28(18-29)37-27-13-11-25(20-42)12-14-27/h5-10,16,19,22,25,27-30,37,42H,11-15,17-18,20-21H2,1-4H3,(H,38,39,40)/t25?,27?,28?,29?,30-/m1/s1. The van der Waals surface area contributed by atoms with Gasteiger partial charge in [0, 0.05) is 41.9 Å². The van der Waals surface area contributed by atoms with Crippen LogP contribution in [0.4, 0.5) is 5.95 Å². The number of aliphatic hydroxyl groups excluding tert-OH is 1. The number of carbonyl (C=O) groups is 1. The Hall–Kier alpha value is -3.54. The van der Waals surface area contributed by atoms with Crippen LogP contribution in [0.1, 0.15) is 80.3 Å². The molecule has 1 aromatic heterocycles. The van der Waals surface area contributed by atoms with Crippen LogP contribution in [0, 0.1) is 25.7 Å². The van der Waals surface area contributed by atoms with Gasteiger partial charge in [-0.25, -0.2) is 18.1 Å². The summed E-state index contributed by atoms with van der Waals surface area (Å²) in [6.07, 6.45) is 6.52. The SMILES string of the molecule is Cc1cccc(C)c1-c1cc2nc(n1)NS(=O)(=O)c1cccc(c1)C(=O)N(C1CC(NC3CCC(CO)CC3)C1)[C@H](CC(C)C)CO2. The summed E-state index contributed by atoms with van der Waals surface area (Å²) in [5.41, 5.74) is 3.76. The van der Waals surface area contributed by atoms with Gasteiger partial charge in [-0.3, -0.25) is 4.79 Å². The van der Waals surface area contributed by atoms with E-state index in [9.17, 15) is 18.3 Å². The Kier molecular flexibility index (Phi) is 9.87. The number of hydrogen-bond acceptors (Lipinski definition) is 8. The molecule has 3 aliphatic rings. The minimum atomic E-state index is -4.12. The molecule has 3 aromatic rings. The number of nitrogens with one attached hydrogen (secondary N) is 2. The monoisotopic (exact) mass is 661 g/mol. The Bertz CT molecular complexity index is 1680. The molecule has 3 N–H and O–H groups in total. The van der Waals surface area contributed by atoms with Crippen LogP contribution < -0.4 is 14.8 Å². The highest BCUT2D eigenvalue weighted by Crippen LogP contribution is 2.35. The summed E-state index contributed by atoms with van der Waals surface area (Å²) in [6.45, 7) is 8.72. The van der Waals surface area contributed by atoms with Crippen LogP contribution in [0.15, 0.2) is 53.4 Å². The first-order chi connectivity index (χ1) is 22.5. The first-order valence-electron chi connectivity index (χ1n) is 16.9. The number of benzene rings is 2. The zero-order valence-electron chi connectivity index (χ0n) is 27.8. The van der Waals surface area contributed by atoms with E-state index in [1.54, 1.807) is 18.2 Å². The van der Waals surface area contributed by atoms with Gasteiger partial charge in [0.2, 0.25) is 11.8 Å². The fourth-order valence-electron chi connectivity index (χ4n) is 7.43. The molecule has 47 heavy (non-hydrogen) atoms. The first-order valence-corrected chi connectivity index (χ1v) is 18.4. The smallest absolute Gasteiger partial charge is 0.264 e. The lowest BCUT2D eigenvalue weighted by molar-refractivity contribution is 0.0189. The normalized spacial score (nSPS) is 25.9. The molecule has 2 heterocycles. The van der Waals surface area contributed by atoms with Crippen molar-refractivity contribution in [2.24, 2.45) is 11.8 Å². The number of rotatable bonds is 7. The Morgan fingerprint density at radius 3 is 2.38 bits per heavy atom. The molecule has 10 nitrogen and oxygen atoms in total. The van der Waals surface area contributed by atoms with Gasteiger partial charge in [0.25, 0.3) is 15.9 Å². The van der Waals surface area contributed by atoms with Crippen molar-refractivity contribution in [2.45, 2.75) is 102 Å². The highest BCUT2D eigenvalue weighted by Gasteiger charge is 2.41. The van der Waals surface area contributed by atoms with Gasteiger partial charge in [0.05, 0.1) is 16.6 Å². The number of sulfonamides is 1. The van der Waals surface area contributed by atoms with Gasteiger partial charge in [-0.05, 0) is 100.0 Å². The maximum Gasteiger partial charge on any atom is 0.264 e. The van der Waals surface area contributed by atoms with Crippen LogP contribution in [0.3, 0.4) is 0 Å². The summed E-state index contributed by atoms with van der Waals surface area (Å²) < 4.78 is 36.2. The van der Waals surface area contributed by atoms with Gasteiger partial charge in [-0.15, -0.1) is 0 Å². The number of aromatic nitrogens is 2. The molecule has 2 aliphatic carbocycles. The molecular formula is C36H47N5O5S. The van der Waals surface area contributed by atoms with Crippen molar-refractivity contribution in [1.82, 2.24) is 20.2 Å². The highest BCUT2D eigenvalue weighted by atomic mass is 32.2. The summed E-state index contributed by atoms with van der Waals surface area (Å²) in [6, 6.07) is 14.4. The van der Waals surface area contributed by atoms with Gasteiger partial charge in [-0.2, -0.15) is 4.98 Å². The van der Waals surface area contributed by atoms with Crippen LogP contribution in [-0.2, 0) is 10.0 Å². The number of fused-ring (bicyclic) bond motifs is 4. The number of amides is 1. The number of anilines is 1. The van der Waals surface area contributed by atoms with Crippen molar-refractivity contribution >= 4 is 21.9 Å². The zero-order valence-corrected chi connectivity index (χ0v) is 28.6. The highest BCUT2D eigenvalue weighted by molar-refractivity contribution is 7.92. The Morgan fingerprint density at radius 2 is 1.70 bits per heavy atom. The molecule has 1 aliphatic heterocycles. The van der Waals surface area contributed by atoms with Crippen LogP contribution in [0.2, 0.25) is 0 Å². The minimum Gasteiger partial charge on any atom is -0.475 e. The number of hydrogen-bond donors (Lipinski definition) is 3. The zero-order chi connectivity index (χ0) is 33.3. The van der Waals surface area contributed by atoms with E-state index < -0.39 is 10.0 Å². The molecule has 0 unspecified atom stereocenters. The van der Waals surface area contributed by atoms with Gasteiger partial charge >= 0.3 is 0 Å². The molecule has 252 valence electrons. The minimum absolute atomic E-state index is 0.0178. The van der Waals surface area contributed by atoms with E-state index in [0.29, 0.717) is 35.7 Å². The summed E-state index contributed by atoms with van der Waals surface area (Å²) in [7, 11) is -4.12. The molecule has 1 atom stereocenters. The quantitative estimate of drug-likeness (QED) is 0.303. The Balaban J connectivity index is 1.34. The number of aryl methyl sites for hydroxylation is 2. The maximum atomic E-state index is 14.4. The van der Waals surface area contributed by atoms with Gasteiger partial charge < -0.3 is 20.1 Å². The van der Waals surface area contributed by atoms with E-state index in [-0.39, 0.29) is 53.8 Å². The third kappa shape index (κ3) is 7.47. The molecule has 2 saturated carbocycles. The third-order valence-corrected chi connectivity index (χ3v) is 11.3. The van der Waals surface area contributed by atoms with Crippen molar-refractivity contribution in [2.75, 3.05) is 17.9 Å². The van der Waals surface area contributed by atoms with Gasteiger partial charge in [0.1, 0.15) is 6.61 Å². The van der Waals surface area contributed by atoms with Crippen molar-refractivity contribution < 1.29 is 23.1 Å². The van der Waals surface area contributed by atoms with Crippen LogP contribution in [-0.4, -0.2) is 71.7 Å². The molecule has 1 amide bonds. The topological polar surface area (TPSA) is 134 Å². The fraction of sp³-hybridized carbons (Fsp3) is 0.528. The molecular weight excluding hydrogens is 614 g/mol. The summed E-state index contributed by atoms with van der Waals surface area (Å²) in [4.78, 5) is 25.4. The lowest BCUT2D eigenvalue weighted by Crippen LogP contribution is -2.60. The molecule has 0 spiro atoms. The predicted octanol–water partition coefficient (Wildman–Crippen LogP) is 5.48.